The van der Waals surface area contributed by atoms with E-state index >= 15 is 0 Å². The molecule has 0 amide bonds. The lowest BCUT2D eigenvalue weighted by Crippen LogP contribution is -2.39. The molecular formula is C33H40O13. The van der Waals surface area contributed by atoms with E-state index in [4.69, 9.17) is 43.1 Å². The monoisotopic (exact) mass is 644 g/mol. The Kier molecular flexibility index (Phi) is 10.0. The minimum absolute atomic E-state index is 0.177. The maximum absolute atomic E-state index is 12.3. The van der Waals surface area contributed by atoms with Gasteiger partial charge in [-0.15, -0.1) is 0 Å². The smallest absolute Gasteiger partial charge is 0.196 e. The van der Waals surface area contributed by atoms with E-state index in [0.29, 0.717) is 57.8 Å². The fraction of sp³-hybridized carbons (Fsp3) is 0.455. The first-order valence-electron chi connectivity index (χ1n) is 14.5. The molecule has 46 heavy (non-hydrogen) atoms. The Morgan fingerprint density at radius 2 is 1.04 bits per heavy atom. The number of hydrogen-bond donors (Lipinski definition) is 5. The Hall–Kier alpha value is -4.14. The molecule has 6 rings (SSSR count). The molecule has 2 aliphatic heterocycles. The van der Waals surface area contributed by atoms with Gasteiger partial charge in [-0.25, -0.2) is 0 Å². The summed E-state index contributed by atoms with van der Waals surface area (Å²) >= 11 is 0. The molecule has 0 unspecified atom stereocenters. The molecule has 0 spiro atoms. The standard InChI is InChI=1S/2C16H18O6.CH4O/c2*1-16(2,19)13-5-9-11(22-13)6-12-14(15(9)20-3)10(18)4-8(7-17)21-12;1-2/h2*4,6,13,17,19H,5,7H2,1-3H3;2H,1H3/t2*13-;/m11./s1. The van der Waals surface area contributed by atoms with Crippen molar-refractivity contribution in [2.24, 2.45) is 0 Å². The summed E-state index contributed by atoms with van der Waals surface area (Å²) in [6, 6.07) is 5.72. The first-order chi connectivity index (χ1) is 21.7. The van der Waals surface area contributed by atoms with Crippen molar-refractivity contribution < 1.29 is 53.3 Å². The highest BCUT2D eigenvalue weighted by Crippen LogP contribution is 2.44. The van der Waals surface area contributed by atoms with E-state index in [0.717, 1.165) is 18.2 Å². The van der Waals surface area contributed by atoms with Crippen molar-refractivity contribution in [3.63, 3.8) is 0 Å². The zero-order valence-electron chi connectivity index (χ0n) is 26.8. The number of aliphatic hydroxyl groups excluding tert-OH is 3. The van der Waals surface area contributed by atoms with Gasteiger partial charge in [0.25, 0.3) is 0 Å². The quantitative estimate of drug-likeness (QED) is 0.205. The SMILES string of the molecule is CO.COc1c2c(cc3oc(CO)cc(=O)c13)O[C@@H](C(C)(C)O)C2.COc1c2c(cc3oc(CO)cc(=O)c13)O[C@@H](C(C)(C)O)C2. The number of aliphatic hydroxyl groups is 5. The molecule has 0 aliphatic carbocycles. The molecule has 0 radical (unpaired) electrons. The fourth-order valence-corrected chi connectivity index (χ4v) is 5.46. The van der Waals surface area contributed by atoms with Gasteiger partial charge in [-0.2, -0.15) is 0 Å². The fourth-order valence-electron chi connectivity index (χ4n) is 5.46. The Morgan fingerprint density at radius 1 is 0.696 bits per heavy atom. The van der Waals surface area contributed by atoms with Gasteiger partial charge in [0, 0.05) is 55.3 Å². The van der Waals surface area contributed by atoms with Crippen LogP contribution in [0.25, 0.3) is 21.9 Å². The van der Waals surface area contributed by atoms with Crippen molar-refractivity contribution in [1.29, 1.82) is 0 Å². The summed E-state index contributed by atoms with van der Waals surface area (Å²) in [4.78, 5) is 24.6. The van der Waals surface area contributed by atoms with Crippen LogP contribution < -0.4 is 29.8 Å². The molecule has 0 saturated heterocycles. The van der Waals surface area contributed by atoms with Crippen LogP contribution in [0.2, 0.25) is 0 Å². The van der Waals surface area contributed by atoms with Crippen molar-refractivity contribution in [3.05, 3.63) is 67.4 Å². The van der Waals surface area contributed by atoms with Crippen LogP contribution in [-0.4, -0.2) is 70.3 Å². The van der Waals surface area contributed by atoms with Crippen molar-refractivity contribution in [3.8, 4) is 23.0 Å². The third-order valence-corrected chi connectivity index (χ3v) is 7.79. The molecule has 2 aromatic heterocycles. The number of fused-ring (bicyclic) bond motifs is 4. The van der Waals surface area contributed by atoms with E-state index in [-0.39, 0.29) is 35.6 Å². The number of benzene rings is 2. The van der Waals surface area contributed by atoms with Gasteiger partial charge in [-0.3, -0.25) is 9.59 Å². The third-order valence-electron chi connectivity index (χ3n) is 7.79. The lowest BCUT2D eigenvalue weighted by molar-refractivity contribution is -0.0231. The molecule has 5 N–H and O–H groups in total. The number of ether oxygens (including phenoxy) is 4. The van der Waals surface area contributed by atoms with Gasteiger partial charge in [0.1, 0.15) is 81.9 Å². The van der Waals surface area contributed by atoms with Crippen LogP contribution in [0.4, 0.5) is 0 Å². The number of methoxy groups -OCH3 is 2. The molecule has 0 saturated carbocycles. The molecule has 4 aromatic rings. The first-order valence-corrected chi connectivity index (χ1v) is 14.5. The van der Waals surface area contributed by atoms with Crippen LogP contribution in [0.5, 0.6) is 23.0 Å². The van der Waals surface area contributed by atoms with Crippen LogP contribution in [0.15, 0.2) is 42.7 Å². The summed E-state index contributed by atoms with van der Waals surface area (Å²) < 4.78 is 33.4. The second-order valence-corrected chi connectivity index (χ2v) is 11.9. The summed E-state index contributed by atoms with van der Waals surface area (Å²) in [5.41, 5.74) is -0.536. The van der Waals surface area contributed by atoms with Gasteiger partial charge < -0.3 is 53.3 Å². The van der Waals surface area contributed by atoms with Gasteiger partial charge in [-0.05, 0) is 27.7 Å². The third kappa shape index (κ3) is 6.55. The molecule has 13 nitrogen and oxygen atoms in total. The normalized spacial score (nSPS) is 16.8. The Labute approximate surface area is 264 Å². The molecule has 250 valence electrons. The molecule has 2 atom stereocenters. The molecule has 0 bridgehead atoms. The van der Waals surface area contributed by atoms with Crippen molar-refractivity contribution >= 4 is 21.9 Å². The minimum atomic E-state index is -1.02. The van der Waals surface area contributed by atoms with E-state index in [2.05, 4.69) is 0 Å². The summed E-state index contributed by atoms with van der Waals surface area (Å²) in [7, 11) is 3.96. The maximum Gasteiger partial charge on any atom is 0.196 e. The predicted molar refractivity (Wildman–Crippen MR) is 167 cm³/mol. The zero-order chi connectivity index (χ0) is 34.1. The zero-order valence-corrected chi connectivity index (χ0v) is 26.8. The molecule has 2 aromatic carbocycles. The number of rotatable bonds is 6. The lowest BCUT2D eigenvalue weighted by Gasteiger charge is -2.24. The Balaban J connectivity index is 0.000000198. The second-order valence-electron chi connectivity index (χ2n) is 11.9. The average Bonchev–Trinajstić information content (AvgIpc) is 3.65. The summed E-state index contributed by atoms with van der Waals surface area (Å²) in [6.07, 6.45) is 0.0272. The Morgan fingerprint density at radius 3 is 1.33 bits per heavy atom. The summed E-state index contributed by atoms with van der Waals surface area (Å²) in [5.74, 6) is 2.20. The van der Waals surface area contributed by atoms with Gasteiger partial charge >= 0.3 is 0 Å². The highest BCUT2D eigenvalue weighted by Gasteiger charge is 2.39. The molecule has 13 heteroatoms. The van der Waals surface area contributed by atoms with E-state index in [1.165, 1.54) is 26.4 Å². The molecule has 4 heterocycles. The van der Waals surface area contributed by atoms with Gasteiger partial charge in [0.05, 0.1) is 25.4 Å². The van der Waals surface area contributed by atoms with Crippen LogP contribution in [0.3, 0.4) is 0 Å². The van der Waals surface area contributed by atoms with E-state index in [1.54, 1.807) is 39.8 Å². The van der Waals surface area contributed by atoms with Crippen LogP contribution in [-0.2, 0) is 26.1 Å². The average molecular weight is 645 g/mol. The van der Waals surface area contributed by atoms with Gasteiger partial charge in [-0.1, -0.05) is 0 Å². The van der Waals surface area contributed by atoms with Crippen LogP contribution >= 0.6 is 0 Å². The first kappa shape index (κ1) is 34.7. The topological polar surface area (TPSA) is 198 Å². The van der Waals surface area contributed by atoms with Crippen LogP contribution in [0.1, 0.15) is 50.3 Å². The lowest BCUT2D eigenvalue weighted by atomic mass is 9.96. The highest BCUT2D eigenvalue weighted by molar-refractivity contribution is 5.88. The van der Waals surface area contributed by atoms with E-state index < -0.39 is 23.4 Å². The summed E-state index contributed by atoms with van der Waals surface area (Å²) in [6.45, 7) is 5.95. The molecular weight excluding hydrogens is 604 g/mol. The number of hydrogen-bond acceptors (Lipinski definition) is 13. The van der Waals surface area contributed by atoms with E-state index in [1.807, 2.05) is 0 Å². The minimum Gasteiger partial charge on any atom is -0.495 e. The largest absolute Gasteiger partial charge is 0.495 e. The van der Waals surface area contributed by atoms with E-state index in [9.17, 15) is 19.8 Å². The predicted octanol–water partition coefficient (Wildman–Crippen LogP) is 2.35. The van der Waals surface area contributed by atoms with Crippen molar-refractivity contribution in [2.45, 2.75) is 77.2 Å². The second kappa shape index (κ2) is 13.3. The maximum atomic E-state index is 12.3. The molecule has 0 fully saturated rings. The summed E-state index contributed by atoms with van der Waals surface area (Å²) in [5, 5.41) is 46.2. The highest BCUT2D eigenvalue weighted by atomic mass is 16.5. The van der Waals surface area contributed by atoms with Gasteiger partial charge in [0.2, 0.25) is 0 Å². The Bertz CT molecular complexity index is 1710. The van der Waals surface area contributed by atoms with Crippen molar-refractivity contribution in [2.75, 3.05) is 21.3 Å². The van der Waals surface area contributed by atoms with Gasteiger partial charge in [0.15, 0.2) is 10.9 Å². The molecule has 2 aliphatic rings. The van der Waals surface area contributed by atoms with Crippen LogP contribution in [0, 0.1) is 0 Å². The van der Waals surface area contributed by atoms with Crippen molar-refractivity contribution in [1.82, 2.24) is 0 Å².